The highest BCUT2D eigenvalue weighted by Gasteiger charge is 2.46. The van der Waals surface area contributed by atoms with Gasteiger partial charge in [0.1, 0.15) is 17.7 Å². The largest absolute Gasteiger partial charge is 0.465 e. The fourth-order valence-corrected chi connectivity index (χ4v) is 5.63. The Morgan fingerprint density at radius 3 is 2.68 bits per heavy atom. The molecule has 5 rings (SSSR count). The number of halogens is 2. The smallest absolute Gasteiger partial charge is 0.439 e. The molecule has 4 heterocycles. The molecule has 1 amide bonds. The average molecular weight is 533 g/mol. The Balaban J connectivity index is 1.44. The number of rotatable bonds is 5. The van der Waals surface area contributed by atoms with Crippen molar-refractivity contribution in [1.29, 1.82) is 0 Å². The van der Waals surface area contributed by atoms with Crippen LogP contribution in [0.2, 0.25) is 0 Å². The lowest BCUT2D eigenvalue weighted by molar-refractivity contribution is -0.103. The summed E-state index contributed by atoms with van der Waals surface area (Å²) in [6.45, 7) is 9.02. The number of benzene rings is 1. The summed E-state index contributed by atoms with van der Waals surface area (Å²) in [6, 6.07) is 2.17. The molecule has 0 saturated carbocycles. The fraction of sp³-hybridized carbons (Fsp3) is 0.520. The van der Waals surface area contributed by atoms with Gasteiger partial charge in [-0.05, 0) is 52.3 Å². The van der Waals surface area contributed by atoms with E-state index < -0.39 is 41.2 Å². The molecule has 0 radical (unpaired) electrons. The lowest BCUT2D eigenvalue weighted by atomic mass is 9.88. The minimum Gasteiger partial charge on any atom is -0.465 e. The molecule has 1 aromatic carbocycles. The molecule has 2 N–H and O–H groups in total. The minimum atomic E-state index is -1.16. The Morgan fingerprint density at radius 2 is 2.05 bits per heavy atom. The summed E-state index contributed by atoms with van der Waals surface area (Å²) in [6.07, 6.45) is -1.78. The molecule has 3 atom stereocenters. The van der Waals surface area contributed by atoms with E-state index in [0.29, 0.717) is 31.9 Å². The molecule has 0 aliphatic carbocycles. The number of hydrogen-bond donors (Lipinski definition) is 2. The van der Waals surface area contributed by atoms with Crippen molar-refractivity contribution in [1.82, 2.24) is 29.5 Å². The van der Waals surface area contributed by atoms with Crippen LogP contribution in [0.1, 0.15) is 57.2 Å². The van der Waals surface area contributed by atoms with Crippen LogP contribution in [0.25, 0.3) is 11.6 Å². The maximum atomic E-state index is 14.8. The van der Waals surface area contributed by atoms with Gasteiger partial charge in [0, 0.05) is 36.8 Å². The molecule has 2 aliphatic heterocycles. The molecule has 3 aromatic rings. The average Bonchev–Trinajstić information content (AvgIpc) is 3.53. The van der Waals surface area contributed by atoms with E-state index in [4.69, 9.17) is 4.74 Å². The molecule has 11 nitrogen and oxygen atoms in total. The van der Waals surface area contributed by atoms with Crippen molar-refractivity contribution in [2.24, 2.45) is 0 Å². The van der Waals surface area contributed by atoms with Crippen LogP contribution in [0.4, 0.5) is 13.6 Å². The molecule has 1 saturated heterocycles. The third-order valence-corrected chi connectivity index (χ3v) is 7.20. The quantitative estimate of drug-likeness (QED) is 0.511. The number of carbonyl (C=O) groups is 1. The van der Waals surface area contributed by atoms with Crippen LogP contribution in [-0.4, -0.2) is 64.9 Å². The van der Waals surface area contributed by atoms with E-state index in [2.05, 4.69) is 24.5 Å². The summed E-state index contributed by atoms with van der Waals surface area (Å²) in [5.74, 6) is -1.17. The number of nitrogens with zero attached hydrogens (tertiary/aromatic N) is 5. The number of aromatic nitrogens is 4. The first-order valence-electron chi connectivity index (χ1n) is 12.5. The van der Waals surface area contributed by atoms with E-state index in [0.717, 1.165) is 29.6 Å². The zero-order valence-corrected chi connectivity index (χ0v) is 21.6. The van der Waals surface area contributed by atoms with E-state index in [-0.39, 0.29) is 24.0 Å². The zero-order valence-electron chi connectivity index (χ0n) is 21.6. The van der Waals surface area contributed by atoms with Crippen molar-refractivity contribution in [3.8, 4) is 11.6 Å². The third kappa shape index (κ3) is 4.60. The number of carboxylic acid groups (broad SMARTS) is 1. The first-order valence-corrected chi connectivity index (χ1v) is 12.5. The summed E-state index contributed by atoms with van der Waals surface area (Å²) in [5.41, 5.74) is 0.944. The number of ether oxygens (including phenoxy) is 1. The standard InChI is InChI=1S/C25H30F2N6O5/c1-5-32-19-11-31(10-17(19)28-22(32)21-29-23(34)38-30-21)14-9-18(33(24(35)36)25(2,3)4)20(37-12-14)15-8-13(26)6-7-16(15)27/h6-8,14,18,20H,5,9-12H2,1-4H3,(H,35,36)(H,29,30,34)/t14-,18+,20-/m1/s1. The number of fused-ring (bicyclic) bond motifs is 1. The number of imidazole rings is 1. The van der Waals surface area contributed by atoms with Crippen LogP contribution >= 0.6 is 0 Å². The minimum absolute atomic E-state index is 0.000930. The second-order valence-corrected chi connectivity index (χ2v) is 10.6. The Kier molecular flexibility index (Phi) is 6.59. The predicted molar refractivity (Wildman–Crippen MR) is 130 cm³/mol. The van der Waals surface area contributed by atoms with Crippen LogP contribution in [0, 0.1) is 11.6 Å². The van der Waals surface area contributed by atoms with Crippen molar-refractivity contribution >= 4 is 6.09 Å². The number of aromatic amines is 1. The zero-order chi connectivity index (χ0) is 27.4. The molecule has 2 aromatic heterocycles. The number of hydrogen-bond acceptors (Lipinski definition) is 7. The maximum absolute atomic E-state index is 14.8. The molecule has 38 heavy (non-hydrogen) atoms. The van der Waals surface area contributed by atoms with Gasteiger partial charge < -0.3 is 14.4 Å². The Hall–Kier alpha value is -3.58. The monoisotopic (exact) mass is 532 g/mol. The topological polar surface area (TPSA) is 130 Å². The normalized spacial score (nSPS) is 22.0. The third-order valence-electron chi connectivity index (χ3n) is 7.20. The van der Waals surface area contributed by atoms with Gasteiger partial charge in [-0.1, -0.05) is 5.16 Å². The van der Waals surface area contributed by atoms with E-state index in [1.165, 1.54) is 4.90 Å². The number of amides is 1. The van der Waals surface area contributed by atoms with Gasteiger partial charge >= 0.3 is 11.8 Å². The van der Waals surface area contributed by atoms with Crippen molar-refractivity contribution < 1.29 is 27.9 Å². The first-order chi connectivity index (χ1) is 18.0. The SMILES string of the molecule is CCn1c(-c2noc(=O)[nH]2)nc2c1CN([C@H]1CO[C@H](c3cc(F)ccc3F)[C@@H](N(C(=O)O)C(C)(C)C)C1)C2. The van der Waals surface area contributed by atoms with Crippen LogP contribution in [0.15, 0.2) is 27.5 Å². The highest BCUT2D eigenvalue weighted by molar-refractivity contribution is 5.66. The van der Waals surface area contributed by atoms with Crippen molar-refractivity contribution in [2.45, 2.75) is 77.5 Å². The van der Waals surface area contributed by atoms with Crippen molar-refractivity contribution in [3.63, 3.8) is 0 Å². The molecule has 0 bridgehead atoms. The van der Waals surface area contributed by atoms with Crippen LogP contribution in [0.5, 0.6) is 0 Å². The molecule has 2 aliphatic rings. The second kappa shape index (κ2) is 9.62. The van der Waals surface area contributed by atoms with E-state index in [1.807, 2.05) is 11.5 Å². The molecular formula is C25H30F2N6O5. The van der Waals surface area contributed by atoms with Crippen molar-refractivity contribution in [3.05, 3.63) is 57.3 Å². The first kappa shape index (κ1) is 26.0. The summed E-state index contributed by atoms with van der Waals surface area (Å²) in [5, 5.41) is 13.9. The molecule has 1 fully saturated rings. The van der Waals surface area contributed by atoms with E-state index in [1.54, 1.807) is 20.8 Å². The van der Waals surface area contributed by atoms with Crippen LogP contribution in [0.3, 0.4) is 0 Å². The van der Waals surface area contributed by atoms with Gasteiger partial charge in [0.15, 0.2) is 5.82 Å². The van der Waals surface area contributed by atoms with Gasteiger partial charge in [0.2, 0.25) is 5.82 Å². The van der Waals surface area contributed by atoms with Gasteiger partial charge in [0.25, 0.3) is 0 Å². The predicted octanol–water partition coefficient (Wildman–Crippen LogP) is 3.52. The van der Waals surface area contributed by atoms with Gasteiger partial charge in [-0.2, -0.15) is 0 Å². The maximum Gasteiger partial charge on any atom is 0.439 e. The highest BCUT2D eigenvalue weighted by Crippen LogP contribution is 2.40. The number of nitrogens with one attached hydrogen (secondary N) is 1. The Labute approximate surface area is 217 Å². The molecule has 204 valence electrons. The van der Waals surface area contributed by atoms with Gasteiger partial charge in [-0.25, -0.2) is 23.4 Å². The van der Waals surface area contributed by atoms with Gasteiger partial charge in [0.05, 0.1) is 24.0 Å². The van der Waals surface area contributed by atoms with Gasteiger partial charge in [-0.15, -0.1) is 0 Å². The molecule has 0 spiro atoms. The molecule has 0 unspecified atom stereocenters. The lowest BCUT2D eigenvalue weighted by Gasteiger charge is -2.48. The van der Waals surface area contributed by atoms with Crippen LogP contribution in [-0.2, 0) is 24.4 Å². The lowest BCUT2D eigenvalue weighted by Crippen LogP contribution is -2.58. The van der Waals surface area contributed by atoms with E-state index in [9.17, 15) is 23.5 Å². The van der Waals surface area contributed by atoms with E-state index >= 15 is 0 Å². The summed E-state index contributed by atoms with van der Waals surface area (Å²) in [4.78, 5) is 34.5. The second-order valence-electron chi connectivity index (χ2n) is 10.6. The Bertz CT molecular complexity index is 1410. The summed E-state index contributed by atoms with van der Waals surface area (Å²) >= 11 is 0. The summed E-state index contributed by atoms with van der Waals surface area (Å²) in [7, 11) is 0. The molecule has 13 heteroatoms. The number of H-pyrrole nitrogens is 1. The van der Waals surface area contributed by atoms with Gasteiger partial charge in [-0.3, -0.25) is 19.3 Å². The fourth-order valence-electron chi connectivity index (χ4n) is 5.63. The highest BCUT2D eigenvalue weighted by atomic mass is 19.1. The summed E-state index contributed by atoms with van der Waals surface area (Å²) < 4.78 is 41.6. The Morgan fingerprint density at radius 1 is 1.29 bits per heavy atom. The van der Waals surface area contributed by atoms with Crippen molar-refractivity contribution in [2.75, 3.05) is 6.61 Å². The van der Waals surface area contributed by atoms with Crippen LogP contribution < -0.4 is 5.76 Å². The molecular weight excluding hydrogens is 502 g/mol.